The largest absolute Gasteiger partial charge is 0.360 e. The van der Waals surface area contributed by atoms with Crippen molar-refractivity contribution in [1.29, 1.82) is 0 Å². The maximum absolute atomic E-state index is 11.5. The average molecular weight is 236 g/mol. The quantitative estimate of drug-likeness (QED) is 0.785. The first-order chi connectivity index (χ1) is 8.15. The fourth-order valence-corrected chi connectivity index (χ4v) is 1.53. The predicted octanol–water partition coefficient (Wildman–Crippen LogP) is 1.40. The molecule has 0 unspecified atom stereocenters. The average Bonchev–Trinajstić information content (AvgIpc) is 3.00. The molecule has 1 fully saturated rings. The van der Waals surface area contributed by atoms with E-state index in [0.717, 1.165) is 18.3 Å². The lowest BCUT2D eigenvalue weighted by Crippen LogP contribution is -2.31. The van der Waals surface area contributed by atoms with Gasteiger partial charge in [0, 0.05) is 24.8 Å². The number of nitrogens with zero attached hydrogens (tertiary/aromatic N) is 2. The first-order valence-corrected chi connectivity index (χ1v) is 6.21. The first kappa shape index (κ1) is 12.0. The summed E-state index contributed by atoms with van der Waals surface area (Å²) in [6.45, 7) is 5.25. The molecule has 0 aliphatic heterocycles. The number of amides is 1. The highest BCUT2D eigenvalue weighted by molar-refractivity contribution is 5.80. The van der Waals surface area contributed by atoms with E-state index in [1.165, 1.54) is 12.8 Å². The highest BCUT2D eigenvalue weighted by atomic mass is 16.1. The van der Waals surface area contributed by atoms with Crippen LogP contribution in [-0.4, -0.2) is 28.8 Å². The van der Waals surface area contributed by atoms with Gasteiger partial charge < -0.3 is 10.6 Å². The van der Waals surface area contributed by atoms with Gasteiger partial charge in [0.2, 0.25) is 5.91 Å². The molecule has 17 heavy (non-hydrogen) atoms. The molecule has 0 saturated heterocycles. The zero-order valence-corrected chi connectivity index (χ0v) is 10.4. The van der Waals surface area contributed by atoms with Crippen molar-refractivity contribution in [1.82, 2.24) is 15.1 Å². The molecule has 1 saturated carbocycles. The maximum atomic E-state index is 11.5. The second kappa shape index (κ2) is 5.21. The topological polar surface area (TPSA) is 59.0 Å². The summed E-state index contributed by atoms with van der Waals surface area (Å²) >= 11 is 0. The van der Waals surface area contributed by atoms with Gasteiger partial charge in [-0.25, -0.2) is 0 Å². The number of hydrogen-bond donors (Lipinski definition) is 2. The Morgan fingerprint density at radius 3 is 2.94 bits per heavy atom. The van der Waals surface area contributed by atoms with Gasteiger partial charge in [0.1, 0.15) is 5.82 Å². The maximum Gasteiger partial charge on any atom is 0.239 e. The normalized spacial score (nSPS) is 15.0. The van der Waals surface area contributed by atoms with E-state index in [2.05, 4.69) is 29.6 Å². The lowest BCUT2D eigenvalue weighted by molar-refractivity contribution is -0.119. The Morgan fingerprint density at radius 1 is 1.59 bits per heavy atom. The van der Waals surface area contributed by atoms with Crippen molar-refractivity contribution in [3.05, 3.63) is 12.3 Å². The Hall–Kier alpha value is -1.52. The molecular formula is C12H20N4O. The molecule has 94 valence electrons. The van der Waals surface area contributed by atoms with Gasteiger partial charge in [0.15, 0.2) is 0 Å². The van der Waals surface area contributed by atoms with Crippen molar-refractivity contribution in [2.45, 2.75) is 32.7 Å². The van der Waals surface area contributed by atoms with Gasteiger partial charge in [-0.1, -0.05) is 0 Å². The lowest BCUT2D eigenvalue weighted by Gasteiger charge is -2.06. The standard InChI is InChI=1S/C12H20N4O/c1-9(2)16-6-5-11(15-16)13-8-12(17)14-7-10-3-4-10/h5-6,9-10H,3-4,7-8H2,1-2H3,(H,13,15)(H,14,17). The summed E-state index contributed by atoms with van der Waals surface area (Å²) in [5.74, 6) is 1.51. The molecule has 1 amide bonds. The minimum absolute atomic E-state index is 0.0380. The summed E-state index contributed by atoms with van der Waals surface area (Å²) < 4.78 is 1.87. The molecule has 1 aliphatic rings. The van der Waals surface area contributed by atoms with Gasteiger partial charge in [-0.3, -0.25) is 9.48 Å². The Balaban J connectivity index is 1.70. The molecule has 0 spiro atoms. The number of carbonyl (C=O) groups is 1. The summed E-state index contributed by atoms with van der Waals surface area (Å²) in [5, 5.41) is 10.2. The number of carbonyl (C=O) groups excluding carboxylic acids is 1. The molecule has 1 heterocycles. The smallest absolute Gasteiger partial charge is 0.239 e. The zero-order valence-electron chi connectivity index (χ0n) is 10.4. The minimum atomic E-state index is 0.0380. The van der Waals surface area contributed by atoms with Crippen LogP contribution in [0.1, 0.15) is 32.7 Å². The van der Waals surface area contributed by atoms with Crippen LogP contribution in [0.3, 0.4) is 0 Å². The van der Waals surface area contributed by atoms with Gasteiger partial charge in [-0.15, -0.1) is 0 Å². The van der Waals surface area contributed by atoms with E-state index in [4.69, 9.17) is 0 Å². The highest BCUT2D eigenvalue weighted by Crippen LogP contribution is 2.27. The number of aromatic nitrogens is 2. The van der Waals surface area contributed by atoms with Gasteiger partial charge >= 0.3 is 0 Å². The van der Waals surface area contributed by atoms with Crippen LogP contribution in [0, 0.1) is 5.92 Å². The second-order valence-electron chi connectivity index (χ2n) is 4.88. The molecule has 2 rings (SSSR count). The van der Waals surface area contributed by atoms with Crippen molar-refractivity contribution < 1.29 is 4.79 Å². The van der Waals surface area contributed by atoms with E-state index in [-0.39, 0.29) is 5.91 Å². The van der Waals surface area contributed by atoms with E-state index < -0.39 is 0 Å². The summed E-state index contributed by atoms with van der Waals surface area (Å²) in [6, 6.07) is 2.22. The number of nitrogens with one attached hydrogen (secondary N) is 2. The molecule has 0 aromatic carbocycles. The fourth-order valence-electron chi connectivity index (χ4n) is 1.53. The summed E-state index contributed by atoms with van der Waals surface area (Å²) in [5.41, 5.74) is 0. The molecule has 2 N–H and O–H groups in total. The van der Waals surface area contributed by atoms with Crippen LogP contribution in [0.4, 0.5) is 5.82 Å². The number of anilines is 1. The number of hydrogen-bond acceptors (Lipinski definition) is 3. The van der Waals surface area contributed by atoms with Crippen LogP contribution in [0.25, 0.3) is 0 Å². The predicted molar refractivity (Wildman–Crippen MR) is 66.8 cm³/mol. The van der Waals surface area contributed by atoms with Crippen molar-refractivity contribution in [2.24, 2.45) is 5.92 Å². The van der Waals surface area contributed by atoms with Gasteiger partial charge in [0.25, 0.3) is 0 Å². The summed E-state index contributed by atoms with van der Waals surface area (Å²) in [4.78, 5) is 11.5. The summed E-state index contributed by atoms with van der Waals surface area (Å²) in [6.07, 6.45) is 4.42. The SMILES string of the molecule is CC(C)n1ccc(NCC(=O)NCC2CC2)n1. The molecule has 0 atom stereocenters. The molecule has 5 nitrogen and oxygen atoms in total. The third-order valence-electron chi connectivity index (χ3n) is 2.85. The van der Waals surface area contributed by atoms with Crippen LogP contribution in [0.5, 0.6) is 0 Å². The minimum Gasteiger partial charge on any atom is -0.360 e. The molecule has 1 aliphatic carbocycles. The Kier molecular flexibility index (Phi) is 3.66. The molecule has 5 heteroatoms. The lowest BCUT2D eigenvalue weighted by atomic mass is 10.4. The zero-order chi connectivity index (χ0) is 12.3. The van der Waals surface area contributed by atoms with Gasteiger partial charge in [-0.2, -0.15) is 5.10 Å². The van der Waals surface area contributed by atoms with Crippen molar-refractivity contribution in [3.63, 3.8) is 0 Å². The van der Waals surface area contributed by atoms with Gasteiger partial charge in [-0.05, 0) is 32.6 Å². The van der Waals surface area contributed by atoms with E-state index in [0.29, 0.717) is 12.6 Å². The van der Waals surface area contributed by atoms with Crippen LogP contribution in [0.2, 0.25) is 0 Å². The van der Waals surface area contributed by atoms with E-state index >= 15 is 0 Å². The van der Waals surface area contributed by atoms with Crippen molar-refractivity contribution in [3.8, 4) is 0 Å². The van der Waals surface area contributed by atoms with E-state index in [9.17, 15) is 4.79 Å². The second-order valence-corrected chi connectivity index (χ2v) is 4.88. The molecule has 1 aromatic heterocycles. The Labute approximate surface area is 102 Å². The van der Waals surface area contributed by atoms with Crippen LogP contribution in [-0.2, 0) is 4.79 Å². The van der Waals surface area contributed by atoms with E-state index in [1.54, 1.807) is 0 Å². The van der Waals surface area contributed by atoms with Gasteiger partial charge in [0.05, 0.1) is 6.54 Å². The molecule has 0 radical (unpaired) electrons. The van der Waals surface area contributed by atoms with Crippen LogP contribution < -0.4 is 10.6 Å². The third kappa shape index (κ3) is 3.76. The van der Waals surface area contributed by atoms with Crippen molar-refractivity contribution in [2.75, 3.05) is 18.4 Å². The van der Waals surface area contributed by atoms with E-state index in [1.807, 2.05) is 16.9 Å². The summed E-state index contributed by atoms with van der Waals surface area (Å²) in [7, 11) is 0. The highest BCUT2D eigenvalue weighted by Gasteiger charge is 2.21. The Bertz CT molecular complexity index is 382. The molecule has 0 bridgehead atoms. The monoisotopic (exact) mass is 236 g/mol. The Morgan fingerprint density at radius 2 is 2.35 bits per heavy atom. The molecular weight excluding hydrogens is 216 g/mol. The van der Waals surface area contributed by atoms with Crippen LogP contribution >= 0.6 is 0 Å². The number of rotatable bonds is 6. The van der Waals surface area contributed by atoms with Crippen molar-refractivity contribution >= 4 is 11.7 Å². The van der Waals surface area contributed by atoms with Crippen LogP contribution in [0.15, 0.2) is 12.3 Å². The third-order valence-corrected chi connectivity index (χ3v) is 2.85. The molecule has 1 aromatic rings. The fraction of sp³-hybridized carbons (Fsp3) is 0.667. The first-order valence-electron chi connectivity index (χ1n) is 6.21.